The van der Waals surface area contributed by atoms with Gasteiger partial charge in [0, 0.05) is 26.4 Å². The average molecular weight is 529 g/mol. The number of carbonyl (C=O) groups excluding carboxylic acids is 2. The lowest BCUT2D eigenvalue weighted by Crippen LogP contribution is -2.45. The van der Waals surface area contributed by atoms with E-state index in [0.29, 0.717) is 0 Å². The van der Waals surface area contributed by atoms with Gasteiger partial charge in [-0.05, 0) is 17.9 Å². The van der Waals surface area contributed by atoms with Gasteiger partial charge in [-0.25, -0.2) is 13.7 Å². The van der Waals surface area contributed by atoms with Gasteiger partial charge in [0.2, 0.25) is 0 Å². The van der Waals surface area contributed by atoms with Crippen LogP contribution in [-0.4, -0.2) is 74.0 Å². The summed E-state index contributed by atoms with van der Waals surface area (Å²) in [5.41, 5.74) is 0.815. The fourth-order valence-corrected chi connectivity index (χ4v) is 9.12. The molecule has 0 saturated heterocycles. The molecule has 0 aromatic heterocycles. The van der Waals surface area contributed by atoms with Crippen LogP contribution in [0.2, 0.25) is 0 Å². The van der Waals surface area contributed by atoms with E-state index < -0.39 is 39.1 Å². The zero-order valence-corrected chi connectivity index (χ0v) is 23.2. The quantitative estimate of drug-likeness (QED) is 0.183. The van der Waals surface area contributed by atoms with Crippen molar-refractivity contribution in [1.82, 2.24) is 9.34 Å². The van der Waals surface area contributed by atoms with Crippen molar-refractivity contribution in [3.63, 3.8) is 0 Å². The molecule has 1 aromatic rings. The summed E-state index contributed by atoms with van der Waals surface area (Å²) in [7, 11) is -5.32. The van der Waals surface area contributed by atoms with Gasteiger partial charge < -0.3 is 9.47 Å². The lowest BCUT2D eigenvalue weighted by atomic mass is 10.0. The predicted octanol–water partition coefficient (Wildman–Crippen LogP) is 4.61. The number of nitrogens with zero attached hydrogens (tertiary/aromatic N) is 2. The standard InChI is InChI=1S/C24H38N2O7P2/c1-9-16-25(21(23(27)31-5)18-20-14-12-11-13-15-20)34(7,29)33-35(8,30)26(17-10-2)22(19(3)4)24(28)32-6/h9-15,19,21-22H,1-2,16-18H2,3-8H3/t21-,22-,34?,35?/m0/s1. The van der Waals surface area contributed by atoms with Crippen LogP contribution in [-0.2, 0) is 38.9 Å². The topological polar surface area (TPSA) is 102 Å². The van der Waals surface area contributed by atoms with E-state index in [1.165, 1.54) is 49.0 Å². The highest BCUT2D eigenvalue weighted by Gasteiger charge is 2.45. The Labute approximate surface area is 209 Å². The average Bonchev–Trinajstić information content (AvgIpc) is 2.79. The molecule has 35 heavy (non-hydrogen) atoms. The lowest BCUT2D eigenvalue weighted by molar-refractivity contribution is -0.146. The smallest absolute Gasteiger partial charge is 0.323 e. The first-order chi connectivity index (χ1) is 16.4. The van der Waals surface area contributed by atoms with Crippen LogP contribution >= 0.6 is 15.0 Å². The summed E-state index contributed by atoms with van der Waals surface area (Å²) in [4.78, 5) is 25.3. The second kappa shape index (κ2) is 13.9. The molecule has 9 nitrogen and oxygen atoms in total. The molecule has 1 rings (SSSR count). The Balaban J connectivity index is 3.46. The van der Waals surface area contributed by atoms with Crippen LogP contribution in [0.25, 0.3) is 0 Å². The van der Waals surface area contributed by atoms with E-state index in [4.69, 9.17) is 13.8 Å². The first-order valence-electron chi connectivity index (χ1n) is 11.2. The largest absolute Gasteiger partial charge is 0.468 e. The molecule has 0 spiro atoms. The summed E-state index contributed by atoms with van der Waals surface area (Å²) in [6.07, 6.45) is 3.14. The van der Waals surface area contributed by atoms with Crippen LogP contribution < -0.4 is 0 Å². The highest BCUT2D eigenvalue weighted by Crippen LogP contribution is 2.64. The maximum Gasteiger partial charge on any atom is 0.323 e. The van der Waals surface area contributed by atoms with Gasteiger partial charge in [-0.15, -0.1) is 13.2 Å². The predicted molar refractivity (Wildman–Crippen MR) is 139 cm³/mol. The van der Waals surface area contributed by atoms with Crippen molar-refractivity contribution in [2.75, 3.05) is 40.6 Å². The molecule has 0 amide bonds. The van der Waals surface area contributed by atoms with E-state index in [0.717, 1.165) is 5.56 Å². The Bertz CT molecular complexity index is 968. The Morgan fingerprint density at radius 1 is 0.914 bits per heavy atom. The van der Waals surface area contributed by atoms with Crippen molar-refractivity contribution >= 4 is 27.0 Å². The minimum absolute atomic E-state index is 0.00640. The minimum Gasteiger partial charge on any atom is -0.468 e. The van der Waals surface area contributed by atoms with Crippen molar-refractivity contribution < 1.29 is 32.5 Å². The highest BCUT2D eigenvalue weighted by molar-refractivity contribution is 7.69. The van der Waals surface area contributed by atoms with E-state index >= 15 is 0 Å². The molecule has 0 fully saturated rings. The molecule has 0 radical (unpaired) electrons. The molecule has 1 aromatic carbocycles. The monoisotopic (exact) mass is 528 g/mol. The van der Waals surface area contributed by atoms with Crippen molar-refractivity contribution in [2.45, 2.75) is 32.4 Å². The normalized spacial score (nSPS) is 16.7. The zero-order chi connectivity index (χ0) is 26.8. The Morgan fingerprint density at radius 3 is 1.86 bits per heavy atom. The number of esters is 2. The molecule has 4 atom stereocenters. The molecule has 0 heterocycles. The fraction of sp³-hybridized carbons (Fsp3) is 0.500. The third kappa shape index (κ3) is 8.55. The number of methoxy groups -OCH3 is 2. The second-order valence-electron chi connectivity index (χ2n) is 8.45. The Kier molecular flexibility index (Phi) is 12.3. The Hall–Kier alpha value is -2.02. The summed E-state index contributed by atoms with van der Waals surface area (Å²) in [5.74, 6) is -1.51. The molecule has 0 bridgehead atoms. The molecule has 11 heteroatoms. The van der Waals surface area contributed by atoms with E-state index in [1.807, 2.05) is 30.3 Å². The summed E-state index contributed by atoms with van der Waals surface area (Å²) in [6.45, 7) is 13.6. The van der Waals surface area contributed by atoms with Crippen molar-refractivity contribution in [3.05, 3.63) is 61.2 Å². The van der Waals surface area contributed by atoms with Crippen LogP contribution in [0.3, 0.4) is 0 Å². The van der Waals surface area contributed by atoms with Crippen LogP contribution in [0.15, 0.2) is 55.6 Å². The van der Waals surface area contributed by atoms with E-state index in [2.05, 4.69) is 13.2 Å². The second-order valence-corrected chi connectivity index (χ2v) is 13.3. The van der Waals surface area contributed by atoms with Gasteiger partial charge >= 0.3 is 11.9 Å². The van der Waals surface area contributed by atoms with Gasteiger partial charge in [-0.2, -0.15) is 0 Å². The summed E-state index contributed by atoms with van der Waals surface area (Å²) < 4.78 is 46.3. The maximum atomic E-state index is 14.0. The van der Waals surface area contributed by atoms with E-state index in [-0.39, 0.29) is 25.4 Å². The SMILES string of the molecule is C=CCN([C@H](C(=O)OC)C(C)C)P(C)(=O)OP(C)(=O)N(CC=C)[C@@H](Cc1ccccc1)C(=O)OC. The molecule has 196 valence electrons. The molecular formula is C24H38N2O7P2. The third-order valence-electron chi connectivity index (χ3n) is 5.37. The number of benzene rings is 1. The van der Waals surface area contributed by atoms with Crippen molar-refractivity contribution in [1.29, 1.82) is 0 Å². The molecule has 0 saturated carbocycles. The third-order valence-corrected chi connectivity index (χ3v) is 10.5. The summed E-state index contributed by atoms with van der Waals surface area (Å²) in [5, 5.41) is 0. The first-order valence-corrected chi connectivity index (χ1v) is 15.2. The highest BCUT2D eigenvalue weighted by atomic mass is 31.2. The lowest BCUT2D eigenvalue weighted by Gasteiger charge is -2.39. The minimum atomic E-state index is -3.92. The van der Waals surface area contributed by atoms with Crippen molar-refractivity contribution in [3.8, 4) is 0 Å². The number of carbonyl (C=O) groups is 2. The van der Waals surface area contributed by atoms with Gasteiger partial charge in [0.25, 0.3) is 15.0 Å². The number of rotatable bonds is 15. The number of hydrogen-bond donors (Lipinski definition) is 0. The summed E-state index contributed by atoms with van der Waals surface area (Å²) in [6, 6.07) is 7.26. The van der Waals surface area contributed by atoms with Crippen LogP contribution in [0, 0.1) is 5.92 Å². The number of ether oxygens (including phenoxy) is 2. The molecular weight excluding hydrogens is 490 g/mol. The van der Waals surface area contributed by atoms with Gasteiger partial charge in [-0.1, -0.05) is 56.3 Å². The number of hydrogen-bond acceptors (Lipinski definition) is 7. The van der Waals surface area contributed by atoms with Crippen molar-refractivity contribution in [2.24, 2.45) is 5.92 Å². The van der Waals surface area contributed by atoms with Gasteiger partial charge in [0.05, 0.1) is 14.2 Å². The molecule has 0 N–H and O–H groups in total. The first kappa shape index (κ1) is 31.0. The van der Waals surface area contributed by atoms with Gasteiger partial charge in [0.1, 0.15) is 12.1 Å². The molecule has 2 unspecified atom stereocenters. The van der Waals surface area contributed by atoms with Crippen LogP contribution in [0.4, 0.5) is 0 Å². The maximum absolute atomic E-state index is 14.0. The van der Waals surface area contributed by atoms with E-state index in [1.54, 1.807) is 13.8 Å². The van der Waals surface area contributed by atoms with Crippen LogP contribution in [0.5, 0.6) is 0 Å². The molecule has 0 aliphatic carbocycles. The van der Waals surface area contributed by atoms with Gasteiger partial charge in [-0.3, -0.25) is 18.7 Å². The van der Waals surface area contributed by atoms with Gasteiger partial charge in [0.15, 0.2) is 0 Å². The molecule has 0 aliphatic rings. The summed E-state index contributed by atoms with van der Waals surface area (Å²) >= 11 is 0. The van der Waals surface area contributed by atoms with Crippen LogP contribution in [0.1, 0.15) is 19.4 Å². The molecule has 0 aliphatic heterocycles. The Morgan fingerprint density at radius 2 is 1.40 bits per heavy atom. The fourth-order valence-electron chi connectivity index (χ4n) is 3.80. The zero-order valence-electron chi connectivity index (χ0n) is 21.5. The van der Waals surface area contributed by atoms with E-state index in [9.17, 15) is 18.7 Å².